The zero-order valence-corrected chi connectivity index (χ0v) is 12.0. The molecule has 1 aromatic heterocycles. The molecular formula is C13H17ClN2S. The molecule has 0 fully saturated rings. The number of rotatable bonds is 4. The van der Waals surface area contributed by atoms with E-state index in [1.807, 2.05) is 18.2 Å². The molecule has 0 unspecified atom stereocenters. The lowest BCUT2D eigenvalue weighted by molar-refractivity contribution is 0.478. The lowest BCUT2D eigenvalue weighted by Gasteiger charge is -2.27. The first kappa shape index (κ1) is 12.7. The summed E-state index contributed by atoms with van der Waals surface area (Å²) in [5.41, 5.74) is 1.08. The normalized spacial score (nSPS) is 12.0. The molecule has 0 spiro atoms. The molecule has 92 valence electrons. The minimum Gasteiger partial charge on any atom is -0.356 e. The van der Waals surface area contributed by atoms with Gasteiger partial charge in [-0.25, -0.2) is 4.98 Å². The number of anilines is 1. The van der Waals surface area contributed by atoms with E-state index in [1.165, 1.54) is 0 Å². The van der Waals surface area contributed by atoms with Crippen LogP contribution in [-0.4, -0.2) is 10.5 Å². The lowest BCUT2D eigenvalue weighted by Crippen LogP contribution is -2.32. The molecule has 2 rings (SSSR count). The predicted octanol–water partition coefficient (Wildman–Crippen LogP) is 4.94. The van der Waals surface area contributed by atoms with Crippen molar-refractivity contribution >= 4 is 38.3 Å². The third kappa shape index (κ3) is 2.55. The van der Waals surface area contributed by atoms with Gasteiger partial charge in [-0.15, -0.1) is 0 Å². The number of thiazole rings is 1. The van der Waals surface area contributed by atoms with Gasteiger partial charge in [0.15, 0.2) is 5.13 Å². The van der Waals surface area contributed by atoms with Crippen LogP contribution in [0.1, 0.15) is 33.6 Å². The van der Waals surface area contributed by atoms with Crippen molar-refractivity contribution in [3.05, 3.63) is 23.2 Å². The third-order valence-corrected chi connectivity index (χ3v) is 4.78. The average molecular weight is 269 g/mol. The molecule has 0 aliphatic heterocycles. The van der Waals surface area contributed by atoms with Crippen LogP contribution in [0.3, 0.4) is 0 Å². The zero-order valence-electron chi connectivity index (χ0n) is 10.4. The molecular weight excluding hydrogens is 252 g/mol. The zero-order chi connectivity index (χ0) is 12.5. The number of benzene rings is 1. The molecule has 0 radical (unpaired) electrons. The highest BCUT2D eigenvalue weighted by Crippen LogP contribution is 2.33. The third-order valence-electron chi connectivity index (χ3n) is 3.34. The average Bonchev–Trinajstić information content (AvgIpc) is 2.73. The van der Waals surface area contributed by atoms with Crippen LogP contribution in [0.2, 0.25) is 5.02 Å². The van der Waals surface area contributed by atoms with Crippen molar-refractivity contribution in [1.82, 2.24) is 4.98 Å². The van der Waals surface area contributed by atoms with Crippen LogP contribution in [-0.2, 0) is 0 Å². The van der Waals surface area contributed by atoms with Crippen molar-refractivity contribution in [2.75, 3.05) is 5.32 Å². The van der Waals surface area contributed by atoms with Gasteiger partial charge in [0.25, 0.3) is 0 Å². The van der Waals surface area contributed by atoms with Crippen molar-refractivity contribution < 1.29 is 0 Å². The number of hydrogen-bond donors (Lipinski definition) is 1. The Morgan fingerprint density at radius 2 is 2.06 bits per heavy atom. The second-order valence-electron chi connectivity index (χ2n) is 4.50. The molecule has 17 heavy (non-hydrogen) atoms. The van der Waals surface area contributed by atoms with Gasteiger partial charge in [-0.2, -0.15) is 0 Å². The van der Waals surface area contributed by atoms with Crippen LogP contribution in [0, 0.1) is 0 Å². The molecule has 1 heterocycles. The quantitative estimate of drug-likeness (QED) is 0.849. The Hall–Kier alpha value is -0.800. The highest BCUT2D eigenvalue weighted by Gasteiger charge is 2.20. The number of hydrogen-bond acceptors (Lipinski definition) is 3. The number of nitrogens with zero attached hydrogens (tertiary/aromatic N) is 1. The summed E-state index contributed by atoms with van der Waals surface area (Å²) in [5, 5.41) is 5.26. The van der Waals surface area contributed by atoms with Gasteiger partial charge in [-0.3, -0.25) is 0 Å². The number of fused-ring (bicyclic) bond motifs is 1. The van der Waals surface area contributed by atoms with E-state index >= 15 is 0 Å². The molecule has 4 heteroatoms. The van der Waals surface area contributed by atoms with Crippen molar-refractivity contribution in [3.8, 4) is 0 Å². The molecule has 0 aliphatic rings. The second-order valence-corrected chi connectivity index (χ2v) is 5.91. The van der Waals surface area contributed by atoms with E-state index in [-0.39, 0.29) is 5.54 Å². The second kappa shape index (κ2) is 4.83. The van der Waals surface area contributed by atoms with E-state index in [0.29, 0.717) is 0 Å². The highest BCUT2D eigenvalue weighted by atomic mass is 35.5. The molecule has 2 aromatic rings. The number of aromatic nitrogens is 1. The first-order valence-corrected chi connectivity index (χ1v) is 7.10. The van der Waals surface area contributed by atoms with Gasteiger partial charge in [0, 0.05) is 5.54 Å². The van der Waals surface area contributed by atoms with Gasteiger partial charge in [0.2, 0.25) is 0 Å². The summed E-state index contributed by atoms with van der Waals surface area (Å²) in [6, 6.07) is 5.84. The maximum atomic E-state index is 6.15. The molecule has 0 saturated heterocycles. The highest BCUT2D eigenvalue weighted by molar-refractivity contribution is 7.22. The monoisotopic (exact) mass is 268 g/mol. The number of halogens is 1. The Morgan fingerprint density at radius 3 is 2.65 bits per heavy atom. The summed E-state index contributed by atoms with van der Waals surface area (Å²) in [7, 11) is 0. The molecule has 0 amide bonds. The standard InChI is InChI=1S/C13H17ClN2S/c1-4-13(3,5-2)16-12-15-10-8-6-7-9(14)11(10)17-12/h6-8H,4-5H2,1-3H3,(H,15,16). The Bertz CT molecular complexity index is 517. The fraction of sp³-hybridized carbons (Fsp3) is 0.462. The Balaban J connectivity index is 2.34. The fourth-order valence-corrected chi connectivity index (χ4v) is 2.96. The van der Waals surface area contributed by atoms with Gasteiger partial charge in [0.05, 0.1) is 15.2 Å². The summed E-state index contributed by atoms with van der Waals surface area (Å²) < 4.78 is 1.06. The summed E-state index contributed by atoms with van der Waals surface area (Å²) >= 11 is 7.78. The van der Waals surface area contributed by atoms with Crippen LogP contribution in [0.5, 0.6) is 0 Å². The Labute approximate surface area is 111 Å². The topological polar surface area (TPSA) is 24.9 Å². The van der Waals surface area contributed by atoms with Gasteiger partial charge in [-0.1, -0.05) is 42.9 Å². The fourth-order valence-electron chi connectivity index (χ4n) is 1.65. The van der Waals surface area contributed by atoms with Crippen LogP contribution in [0.15, 0.2) is 18.2 Å². The smallest absolute Gasteiger partial charge is 0.184 e. The molecule has 2 nitrogen and oxygen atoms in total. The van der Waals surface area contributed by atoms with Crippen LogP contribution in [0.25, 0.3) is 10.2 Å². The summed E-state index contributed by atoms with van der Waals surface area (Å²) in [6.07, 6.45) is 2.15. The van der Waals surface area contributed by atoms with E-state index < -0.39 is 0 Å². The first-order valence-electron chi connectivity index (χ1n) is 5.91. The lowest BCUT2D eigenvalue weighted by atomic mass is 9.96. The van der Waals surface area contributed by atoms with Crippen LogP contribution < -0.4 is 5.32 Å². The summed E-state index contributed by atoms with van der Waals surface area (Å²) in [4.78, 5) is 4.58. The molecule has 0 aliphatic carbocycles. The van der Waals surface area contributed by atoms with E-state index in [0.717, 1.165) is 33.2 Å². The molecule has 0 bridgehead atoms. The number of nitrogens with one attached hydrogen (secondary N) is 1. The van der Waals surface area contributed by atoms with Gasteiger partial charge in [-0.05, 0) is 31.9 Å². The molecule has 0 saturated carbocycles. The maximum Gasteiger partial charge on any atom is 0.184 e. The summed E-state index contributed by atoms with van der Waals surface area (Å²) in [6.45, 7) is 6.61. The van der Waals surface area contributed by atoms with E-state index in [1.54, 1.807) is 11.3 Å². The molecule has 1 N–H and O–H groups in total. The molecule has 1 aromatic carbocycles. The molecule has 0 atom stereocenters. The minimum atomic E-state index is 0.111. The van der Waals surface area contributed by atoms with Crippen molar-refractivity contribution in [2.45, 2.75) is 39.2 Å². The van der Waals surface area contributed by atoms with Crippen molar-refractivity contribution in [1.29, 1.82) is 0 Å². The first-order chi connectivity index (χ1) is 8.08. The van der Waals surface area contributed by atoms with Crippen LogP contribution in [0.4, 0.5) is 5.13 Å². The van der Waals surface area contributed by atoms with Gasteiger partial charge >= 0.3 is 0 Å². The van der Waals surface area contributed by atoms with E-state index in [4.69, 9.17) is 11.6 Å². The van der Waals surface area contributed by atoms with E-state index in [2.05, 4.69) is 31.1 Å². The van der Waals surface area contributed by atoms with E-state index in [9.17, 15) is 0 Å². The van der Waals surface area contributed by atoms with Crippen molar-refractivity contribution in [2.24, 2.45) is 0 Å². The van der Waals surface area contributed by atoms with Gasteiger partial charge < -0.3 is 5.32 Å². The summed E-state index contributed by atoms with van der Waals surface area (Å²) in [5.74, 6) is 0. The maximum absolute atomic E-state index is 6.15. The predicted molar refractivity (Wildman–Crippen MR) is 77.2 cm³/mol. The SMILES string of the molecule is CCC(C)(CC)Nc1nc2cccc(Cl)c2s1. The largest absolute Gasteiger partial charge is 0.356 e. The van der Waals surface area contributed by atoms with Crippen molar-refractivity contribution in [3.63, 3.8) is 0 Å². The Morgan fingerprint density at radius 1 is 1.35 bits per heavy atom. The van der Waals surface area contributed by atoms with Gasteiger partial charge in [0.1, 0.15) is 0 Å². The van der Waals surface area contributed by atoms with Crippen LogP contribution >= 0.6 is 22.9 Å². The Kier molecular flexibility index (Phi) is 3.59. The minimum absolute atomic E-state index is 0.111.